The van der Waals surface area contributed by atoms with Gasteiger partial charge in [-0.25, -0.2) is 9.97 Å². The predicted molar refractivity (Wildman–Crippen MR) is 98.6 cm³/mol. The van der Waals surface area contributed by atoms with Crippen LogP contribution in [0.15, 0.2) is 16.9 Å². The largest absolute Gasteiger partial charge is 0.412 e. The van der Waals surface area contributed by atoms with Gasteiger partial charge < -0.3 is 20.3 Å². The van der Waals surface area contributed by atoms with E-state index in [9.17, 15) is 4.79 Å². The number of rotatable bonds is 2. The number of aromatic amines is 1. The van der Waals surface area contributed by atoms with Crippen LogP contribution in [0.2, 0.25) is 0 Å². The second-order valence-electron chi connectivity index (χ2n) is 6.44. The zero-order valence-electron chi connectivity index (χ0n) is 14.8. The molecule has 0 aliphatic carbocycles. The van der Waals surface area contributed by atoms with Crippen LogP contribution < -0.4 is 10.5 Å². The molecule has 0 unspecified atom stereocenters. The van der Waals surface area contributed by atoms with Gasteiger partial charge in [-0.05, 0) is 26.1 Å². The van der Waals surface area contributed by atoms with Gasteiger partial charge in [0.05, 0.1) is 11.2 Å². The highest BCUT2D eigenvalue weighted by atomic mass is 16.1. The van der Waals surface area contributed by atoms with Crippen LogP contribution in [0.3, 0.4) is 0 Å². The molecule has 134 valence electrons. The first kappa shape index (κ1) is 17.4. The molecule has 0 atom stereocenters. The molecule has 4 rings (SSSR count). The summed E-state index contributed by atoms with van der Waals surface area (Å²) in [6.07, 6.45) is 0.758. The van der Waals surface area contributed by atoms with Crippen LogP contribution >= 0.6 is 0 Å². The summed E-state index contributed by atoms with van der Waals surface area (Å²) in [7, 11) is 2.14. The number of aryl methyl sites for hydroxylation is 2. The van der Waals surface area contributed by atoms with Gasteiger partial charge in [-0.2, -0.15) is 0 Å². The van der Waals surface area contributed by atoms with Gasteiger partial charge in [0, 0.05) is 32.6 Å². The molecule has 25 heavy (non-hydrogen) atoms. The number of nitrogens with zero attached hydrogens (tertiary/aromatic N) is 5. The Bertz CT molecular complexity index is 969. The van der Waals surface area contributed by atoms with Crippen molar-refractivity contribution in [2.45, 2.75) is 20.3 Å². The maximum absolute atomic E-state index is 12.4. The highest BCUT2D eigenvalue weighted by Gasteiger charge is 2.18. The normalized spacial score (nSPS) is 15.7. The average molecular weight is 344 g/mol. The Balaban J connectivity index is 0.00000182. The Labute approximate surface area is 145 Å². The SMILES string of the molecule is CCc1nc(C)c2c(=O)[nH]c3ccc(N4CCN(C)CC4)nc3n12.O. The molecule has 1 aliphatic heterocycles. The van der Waals surface area contributed by atoms with Crippen molar-refractivity contribution in [2.75, 3.05) is 38.1 Å². The van der Waals surface area contributed by atoms with Crippen molar-refractivity contribution in [2.24, 2.45) is 0 Å². The first-order valence-electron chi connectivity index (χ1n) is 8.43. The molecule has 3 aromatic heterocycles. The molecule has 0 spiro atoms. The predicted octanol–water partition coefficient (Wildman–Crippen LogP) is 0.369. The van der Waals surface area contributed by atoms with E-state index in [1.807, 2.05) is 30.4 Å². The summed E-state index contributed by atoms with van der Waals surface area (Å²) in [6, 6.07) is 3.94. The molecule has 0 radical (unpaired) electrons. The van der Waals surface area contributed by atoms with E-state index < -0.39 is 0 Å². The van der Waals surface area contributed by atoms with Gasteiger partial charge in [-0.1, -0.05) is 6.92 Å². The summed E-state index contributed by atoms with van der Waals surface area (Å²) in [6.45, 7) is 7.91. The second-order valence-corrected chi connectivity index (χ2v) is 6.44. The van der Waals surface area contributed by atoms with E-state index in [0.717, 1.165) is 61.1 Å². The number of nitrogens with one attached hydrogen (secondary N) is 1. The van der Waals surface area contributed by atoms with Gasteiger partial charge in [-0.3, -0.25) is 9.20 Å². The van der Waals surface area contributed by atoms with Gasteiger partial charge in [0.25, 0.3) is 5.56 Å². The molecule has 3 N–H and O–H groups in total. The van der Waals surface area contributed by atoms with Crippen LogP contribution in [0, 0.1) is 6.92 Å². The van der Waals surface area contributed by atoms with Crippen LogP contribution in [0.5, 0.6) is 0 Å². The average Bonchev–Trinajstić information content (AvgIpc) is 2.93. The topological polar surface area (TPSA) is 101 Å². The molecule has 4 heterocycles. The minimum atomic E-state index is -0.110. The Morgan fingerprint density at radius 2 is 1.88 bits per heavy atom. The maximum Gasteiger partial charge on any atom is 0.274 e. The minimum absolute atomic E-state index is 0. The van der Waals surface area contributed by atoms with Crippen molar-refractivity contribution >= 4 is 22.5 Å². The minimum Gasteiger partial charge on any atom is -0.412 e. The molecule has 0 saturated carbocycles. The molecule has 1 fully saturated rings. The molecule has 8 heteroatoms. The fourth-order valence-corrected chi connectivity index (χ4v) is 3.42. The van der Waals surface area contributed by atoms with Gasteiger partial charge in [0.2, 0.25) is 0 Å². The molecule has 0 bridgehead atoms. The number of anilines is 1. The highest BCUT2D eigenvalue weighted by Crippen LogP contribution is 2.20. The van der Waals surface area contributed by atoms with E-state index in [0.29, 0.717) is 5.52 Å². The standard InChI is InChI=1S/C17H22N6O.H2O/c1-4-13-18-11(2)15-17(24)19-12-5-6-14(20-16(12)23(13)15)22-9-7-21(3)8-10-22;/h5-6H,4,7-10H2,1-3H3,(H,19,24);1H2. The zero-order chi connectivity index (χ0) is 16.8. The number of likely N-dealkylation sites (N-methyl/N-ethyl adjacent to an activating group) is 1. The second kappa shape index (κ2) is 6.45. The molecule has 1 aliphatic rings. The molecule has 1 saturated heterocycles. The van der Waals surface area contributed by atoms with Gasteiger partial charge >= 0.3 is 0 Å². The smallest absolute Gasteiger partial charge is 0.274 e. The summed E-state index contributed by atoms with van der Waals surface area (Å²) >= 11 is 0. The van der Waals surface area contributed by atoms with E-state index in [4.69, 9.17) is 4.98 Å². The van der Waals surface area contributed by atoms with E-state index in [-0.39, 0.29) is 11.0 Å². The van der Waals surface area contributed by atoms with Crippen molar-refractivity contribution in [3.8, 4) is 0 Å². The lowest BCUT2D eigenvalue weighted by atomic mass is 10.3. The van der Waals surface area contributed by atoms with Crippen LogP contribution in [0.4, 0.5) is 5.82 Å². The molecular formula is C17H24N6O2. The number of pyridine rings is 1. The van der Waals surface area contributed by atoms with Crippen molar-refractivity contribution in [1.82, 2.24) is 24.3 Å². The lowest BCUT2D eigenvalue weighted by Crippen LogP contribution is -2.44. The van der Waals surface area contributed by atoms with Crippen molar-refractivity contribution in [3.05, 3.63) is 34.0 Å². The summed E-state index contributed by atoms with van der Waals surface area (Å²) in [4.78, 5) is 29.4. The summed E-state index contributed by atoms with van der Waals surface area (Å²) in [5.74, 6) is 1.83. The third kappa shape index (κ3) is 2.77. The quantitative estimate of drug-likeness (QED) is 0.724. The number of hydrogen-bond donors (Lipinski definition) is 1. The van der Waals surface area contributed by atoms with Gasteiger partial charge in [0.1, 0.15) is 17.2 Å². The lowest BCUT2D eigenvalue weighted by Gasteiger charge is -2.33. The fraction of sp³-hybridized carbons (Fsp3) is 0.471. The summed E-state index contributed by atoms with van der Waals surface area (Å²) < 4.78 is 1.92. The number of imidazole rings is 1. The van der Waals surface area contributed by atoms with Crippen molar-refractivity contribution in [1.29, 1.82) is 0 Å². The maximum atomic E-state index is 12.4. The van der Waals surface area contributed by atoms with E-state index in [2.05, 4.69) is 26.8 Å². The van der Waals surface area contributed by atoms with Crippen LogP contribution in [-0.2, 0) is 6.42 Å². The number of piperazine rings is 1. The number of aromatic nitrogens is 4. The molecule has 0 aromatic carbocycles. The summed E-state index contributed by atoms with van der Waals surface area (Å²) in [5.41, 5.74) is 2.77. The van der Waals surface area contributed by atoms with Crippen molar-refractivity contribution < 1.29 is 5.48 Å². The fourth-order valence-electron chi connectivity index (χ4n) is 3.42. The van der Waals surface area contributed by atoms with Crippen LogP contribution in [-0.4, -0.2) is 63.0 Å². The number of H-pyrrole nitrogens is 1. The molecule has 0 amide bonds. The Hall–Kier alpha value is -2.45. The Kier molecular flexibility index (Phi) is 4.49. The lowest BCUT2D eigenvalue weighted by molar-refractivity contribution is 0.312. The third-order valence-electron chi connectivity index (χ3n) is 4.80. The first-order chi connectivity index (χ1) is 11.6. The molecule has 3 aromatic rings. The Morgan fingerprint density at radius 1 is 1.16 bits per heavy atom. The first-order valence-corrected chi connectivity index (χ1v) is 8.43. The zero-order valence-corrected chi connectivity index (χ0v) is 14.8. The number of fused-ring (bicyclic) bond motifs is 3. The van der Waals surface area contributed by atoms with Gasteiger partial charge in [0.15, 0.2) is 5.65 Å². The molecule has 8 nitrogen and oxygen atoms in total. The Morgan fingerprint density at radius 3 is 2.56 bits per heavy atom. The van der Waals surface area contributed by atoms with Gasteiger partial charge in [-0.15, -0.1) is 0 Å². The monoisotopic (exact) mass is 344 g/mol. The van der Waals surface area contributed by atoms with E-state index in [1.54, 1.807) is 0 Å². The third-order valence-corrected chi connectivity index (χ3v) is 4.80. The van der Waals surface area contributed by atoms with Crippen molar-refractivity contribution in [3.63, 3.8) is 0 Å². The summed E-state index contributed by atoms with van der Waals surface area (Å²) in [5, 5.41) is 0. The van der Waals surface area contributed by atoms with Crippen LogP contribution in [0.1, 0.15) is 18.4 Å². The highest BCUT2D eigenvalue weighted by molar-refractivity contribution is 5.77. The van der Waals surface area contributed by atoms with E-state index >= 15 is 0 Å². The molecular weight excluding hydrogens is 320 g/mol. The number of hydrogen-bond acceptors (Lipinski definition) is 5. The van der Waals surface area contributed by atoms with Crippen LogP contribution in [0.25, 0.3) is 16.7 Å². The van der Waals surface area contributed by atoms with E-state index in [1.165, 1.54) is 0 Å².